The Morgan fingerprint density at radius 1 is 0.904 bits per heavy atom. The van der Waals surface area contributed by atoms with Gasteiger partial charge in [0.05, 0.1) is 0 Å². The van der Waals surface area contributed by atoms with Gasteiger partial charge in [-0.3, -0.25) is 30.0 Å². The average molecular weight is 745 g/mol. The van der Waals surface area contributed by atoms with Gasteiger partial charge in [-0.25, -0.2) is 4.79 Å². The van der Waals surface area contributed by atoms with Crippen molar-refractivity contribution in [2.45, 2.75) is 77.0 Å². The van der Waals surface area contributed by atoms with Crippen LogP contribution in [0.2, 0.25) is 0 Å². The van der Waals surface area contributed by atoms with Crippen LogP contribution in [0.5, 0.6) is 0 Å². The molecule has 0 spiro atoms. The first kappa shape index (κ1) is 44.8. The molecule has 286 valence electrons. The lowest BCUT2D eigenvalue weighted by Gasteiger charge is -2.32. The fraction of sp³-hybridized carbons (Fsp3) is 0.472. The Morgan fingerprint density at radius 3 is 2.04 bits per heavy atom. The number of benzene rings is 2. The van der Waals surface area contributed by atoms with Crippen molar-refractivity contribution in [2.24, 2.45) is 23.3 Å². The second-order valence-electron chi connectivity index (χ2n) is 12.6. The molecule has 1 saturated carbocycles. The predicted octanol–water partition coefficient (Wildman–Crippen LogP) is 2.29. The standard InChI is InChI=1S/C34H48N8O5.C2H4O2.ClH/c1-42(2)32(45)26(20-22-15-17-25(18-16-22)29(35)36)30(43)41-28(24-12-7-4-8-13-24)31(44)40-27(14-9-19-39-34(37)38)33(46)47-21-23-10-5-3-6-11-23;1-2(3)4;/h3,5-6,10-11,15-18,24,26-28H,4,7-9,12-14,19-21H2,1-2H3,(H3,35,36)(H,40,44)(H,41,43)(H4,37,38,39);1H3,(H,3,4);1H/t26?,27-,28-;;/m0../s1. The Hall–Kier alpha value is -5.18. The summed E-state index contributed by atoms with van der Waals surface area (Å²) in [5, 5.41) is 30.9. The molecule has 0 aliphatic heterocycles. The quantitative estimate of drug-likeness (QED) is 0.0409. The molecule has 0 radical (unpaired) electrons. The number of rotatable bonds is 16. The molecule has 16 heteroatoms. The highest BCUT2D eigenvalue weighted by Crippen LogP contribution is 2.27. The number of nitrogens with two attached hydrogens (primary N) is 2. The van der Waals surface area contributed by atoms with E-state index in [-0.39, 0.29) is 49.6 Å². The number of nitrogens with zero attached hydrogens (tertiary/aromatic N) is 1. The summed E-state index contributed by atoms with van der Waals surface area (Å²) in [5.74, 6) is -4.56. The predicted molar refractivity (Wildman–Crippen MR) is 200 cm³/mol. The van der Waals surface area contributed by atoms with Crippen molar-refractivity contribution in [1.29, 1.82) is 10.8 Å². The van der Waals surface area contributed by atoms with E-state index in [1.165, 1.54) is 4.90 Å². The Bertz CT molecular complexity index is 1480. The molecular formula is C36H53ClN8O7. The summed E-state index contributed by atoms with van der Waals surface area (Å²) in [4.78, 5) is 64.7. The van der Waals surface area contributed by atoms with Crippen LogP contribution in [0, 0.1) is 22.7 Å². The molecule has 3 rings (SSSR count). The summed E-state index contributed by atoms with van der Waals surface area (Å²) < 4.78 is 5.56. The van der Waals surface area contributed by atoms with Gasteiger partial charge < -0.3 is 42.2 Å². The monoisotopic (exact) mass is 744 g/mol. The van der Waals surface area contributed by atoms with E-state index in [1.807, 2.05) is 30.3 Å². The number of nitrogen functional groups attached to an aromatic ring is 1. The van der Waals surface area contributed by atoms with E-state index >= 15 is 0 Å². The highest BCUT2D eigenvalue weighted by molar-refractivity contribution is 6.02. The van der Waals surface area contributed by atoms with Gasteiger partial charge in [-0.05, 0) is 49.1 Å². The first-order valence-corrected chi connectivity index (χ1v) is 16.9. The summed E-state index contributed by atoms with van der Waals surface area (Å²) >= 11 is 0. The number of ether oxygens (including phenoxy) is 1. The molecule has 2 aromatic carbocycles. The van der Waals surface area contributed by atoms with Crippen LogP contribution in [0.1, 0.15) is 68.6 Å². The van der Waals surface area contributed by atoms with Crippen LogP contribution in [0.15, 0.2) is 54.6 Å². The van der Waals surface area contributed by atoms with Crippen LogP contribution >= 0.6 is 12.4 Å². The minimum Gasteiger partial charge on any atom is -0.481 e. The van der Waals surface area contributed by atoms with Crippen LogP contribution in [0.4, 0.5) is 0 Å². The summed E-state index contributed by atoms with van der Waals surface area (Å²) in [6.45, 7) is 1.43. The molecule has 3 atom stereocenters. The molecule has 0 heterocycles. The minimum atomic E-state index is -1.11. The smallest absolute Gasteiger partial charge is 0.328 e. The third kappa shape index (κ3) is 16.2. The number of hydrogen-bond acceptors (Lipinski definition) is 8. The van der Waals surface area contributed by atoms with Crippen LogP contribution in [-0.4, -0.2) is 84.2 Å². The zero-order valence-corrected chi connectivity index (χ0v) is 30.8. The highest BCUT2D eigenvalue weighted by atomic mass is 35.5. The van der Waals surface area contributed by atoms with Crippen molar-refractivity contribution in [3.05, 3.63) is 71.3 Å². The molecule has 0 aromatic heterocycles. The highest BCUT2D eigenvalue weighted by Gasteiger charge is 2.37. The van der Waals surface area contributed by atoms with Crippen molar-refractivity contribution < 1.29 is 33.8 Å². The van der Waals surface area contributed by atoms with Gasteiger partial charge in [-0.2, -0.15) is 0 Å². The van der Waals surface area contributed by atoms with Crippen LogP contribution in [0.3, 0.4) is 0 Å². The van der Waals surface area contributed by atoms with E-state index in [2.05, 4.69) is 16.0 Å². The first-order valence-electron chi connectivity index (χ1n) is 16.9. The SMILES string of the molecule is CC(=O)O.CN(C)C(=O)C(Cc1ccc(C(=N)N)cc1)C(=O)N[C@H](C(=O)N[C@@H](CCCNC(=N)N)C(=O)OCc1ccccc1)C1CCCCC1.Cl. The maximum absolute atomic E-state index is 14.0. The topological polar surface area (TPSA) is 254 Å². The van der Waals surface area contributed by atoms with Gasteiger partial charge in [-0.1, -0.05) is 73.9 Å². The second-order valence-corrected chi connectivity index (χ2v) is 12.6. The van der Waals surface area contributed by atoms with Gasteiger partial charge in [0.1, 0.15) is 30.4 Å². The van der Waals surface area contributed by atoms with Gasteiger partial charge >= 0.3 is 5.97 Å². The molecule has 1 fully saturated rings. The summed E-state index contributed by atoms with van der Waals surface area (Å²) in [6.07, 6.45) is 4.94. The number of carboxylic acid groups (broad SMARTS) is 1. The molecular weight excluding hydrogens is 692 g/mol. The second kappa shape index (κ2) is 23.3. The Kier molecular flexibility index (Phi) is 20.1. The number of amidine groups is 1. The molecule has 1 aliphatic rings. The number of amides is 3. The Labute approximate surface area is 311 Å². The zero-order chi connectivity index (χ0) is 37.9. The third-order valence-corrected chi connectivity index (χ3v) is 8.27. The lowest BCUT2D eigenvalue weighted by atomic mass is 9.83. The maximum atomic E-state index is 14.0. The van der Waals surface area contributed by atoms with E-state index in [4.69, 9.17) is 36.9 Å². The van der Waals surface area contributed by atoms with Crippen LogP contribution in [-0.2, 0) is 41.7 Å². The fourth-order valence-electron chi connectivity index (χ4n) is 5.65. The van der Waals surface area contributed by atoms with E-state index in [0.717, 1.165) is 31.7 Å². The normalized spacial score (nSPS) is 14.0. The third-order valence-electron chi connectivity index (χ3n) is 8.27. The number of hydrogen-bond donors (Lipinski definition) is 8. The number of halogens is 1. The van der Waals surface area contributed by atoms with Crippen molar-refractivity contribution in [2.75, 3.05) is 20.6 Å². The summed E-state index contributed by atoms with van der Waals surface area (Å²) in [6, 6.07) is 14.0. The molecule has 3 amide bonds. The van der Waals surface area contributed by atoms with Crippen molar-refractivity contribution in [1.82, 2.24) is 20.9 Å². The average Bonchev–Trinajstić information content (AvgIpc) is 3.09. The number of esters is 1. The van der Waals surface area contributed by atoms with Gasteiger partial charge in [0.15, 0.2) is 5.96 Å². The van der Waals surface area contributed by atoms with Crippen LogP contribution < -0.4 is 27.4 Å². The number of guanidine groups is 1. The summed E-state index contributed by atoms with van der Waals surface area (Å²) in [5.41, 5.74) is 13.0. The molecule has 2 aromatic rings. The van der Waals surface area contributed by atoms with Gasteiger partial charge in [0.25, 0.3) is 5.97 Å². The van der Waals surface area contributed by atoms with Crippen molar-refractivity contribution in [3.8, 4) is 0 Å². The fourth-order valence-corrected chi connectivity index (χ4v) is 5.65. The van der Waals surface area contributed by atoms with Crippen molar-refractivity contribution in [3.63, 3.8) is 0 Å². The largest absolute Gasteiger partial charge is 0.481 e. The molecule has 1 aliphatic carbocycles. The number of nitrogens with one attached hydrogen (secondary N) is 5. The lowest BCUT2D eigenvalue weighted by Crippen LogP contribution is -2.57. The van der Waals surface area contributed by atoms with E-state index < -0.39 is 47.7 Å². The Balaban J connectivity index is 0.00000256. The molecule has 15 nitrogen and oxygen atoms in total. The molecule has 52 heavy (non-hydrogen) atoms. The molecule has 0 bridgehead atoms. The van der Waals surface area contributed by atoms with Crippen LogP contribution in [0.25, 0.3) is 0 Å². The van der Waals surface area contributed by atoms with E-state index in [9.17, 15) is 19.2 Å². The number of carboxylic acids is 1. The molecule has 10 N–H and O–H groups in total. The summed E-state index contributed by atoms with van der Waals surface area (Å²) in [7, 11) is 3.14. The lowest BCUT2D eigenvalue weighted by molar-refractivity contribution is -0.150. The molecule has 1 unspecified atom stereocenters. The first-order chi connectivity index (χ1) is 24.2. The van der Waals surface area contributed by atoms with E-state index in [1.54, 1.807) is 38.4 Å². The number of aliphatic carboxylic acids is 1. The van der Waals surface area contributed by atoms with Gasteiger partial charge in [-0.15, -0.1) is 12.4 Å². The van der Waals surface area contributed by atoms with Gasteiger partial charge in [0, 0.05) is 33.1 Å². The minimum absolute atomic E-state index is 0. The maximum Gasteiger partial charge on any atom is 0.328 e. The number of carbonyl (C=O) groups is 5. The van der Waals surface area contributed by atoms with Crippen molar-refractivity contribution >= 4 is 53.9 Å². The van der Waals surface area contributed by atoms with E-state index in [0.29, 0.717) is 36.9 Å². The van der Waals surface area contributed by atoms with Gasteiger partial charge in [0.2, 0.25) is 17.7 Å². The Morgan fingerprint density at radius 2 is 1.50 bits per heavy atom. The zero-order valence-electron chi connectivity index (χ0n) is 30.0. The number of carbonyl (C=O) groups excluding carboxylic acids is 4. The molecule has 0 saturated heterocycles.